The van der Waals surface area contributed by atoms with E-state index in [4.69, 9.17) is 21.4 Å². The zero-order valence-electron chi connectivity index (χ0n) is 12.7. The number of rotatable bonds is 6. The van der Waals surface area contributed by atoms with Gasteiger partial charge in [-0.25, -0.2) is 4.79 Å². The number of nitrogens with one attached hydrogen (secondary N) is 1. The van der Waals surface area contributed by atoms with Crippen molar-refractivity contribution in [3.8, 4) is 5.75 Å². The molecule has 0 aliphatic carbocycles. The number of nitrogens with zero attached hydrogens (tertiary/aromatic N) is 2. The molecule has 23 heavy (non-hydrogen) atoms. The third-order valence-corrected chi connectivity index (χ3v) is 3.36. The summed E-state index contributed by atoms with van der Waals surface area (Å²) in [5.41, 5.74) is 1.35. The van der Waals surface area contributed by atoms with E-state index < -0.39 is 0 Å². The van der Waals surface area contributed by atoms with Crippen molar-refractivity contribution in [1.29, 1.82) is 0 Å². The van der Waals surface area contributed by atoms with Crippen LogP contribution in [-0.2, 0) is 6.61 Å². The Kier molecular flexibility index (Phi) is 6.19. The largest absolute Gasteiger partial charge is 0.486 e. The molecule has 0 aliphatic rings. The van der Waals surface area contributed by atoms with Crippen molar-refractivity contribution < 1.29 is 14.6 Å². The zero-order valence-corrected chi connectivity index (χ0v) is 13.5. The van der Waals surface area contributed by atoms with E-state index in [1.54, 1.807) is 31.4 Å². The van der Waals surface area contributed by atoms with Gasteiger partial charge in [-0.05, 0) is 30.3 Å². The van der Waals surface area contributed by atoms with E-state index in [1.807, 2.05) is 18.2 Å². The predicted octanol–water partition coefficient (Wildman–Crippen LogP) is 2.77. The van der Waals surface area contributed by atoms with Crippen molar-refractivity contribution in [2.45, 2.75) is 6.61 Å². The number of amides is 2. The van der Waals surface area contributed by atoms with Gasteiger partial charge >= 0.3 is 6.03 Å². The molecule has 2 amide bonds. The van der Waals surface area contributed by atoms with Crippen LogP contribution in [0.15, 0.2) is 42.6 Å². The minimum Gasteiger partial charge on any atom is -0.486 e. The smallest absolute Gasteiger partial charge is 0.321 e. The Morgan fingerprint density at radius 1 is 1.39 bits per heavy atom. The van der Waals surface area contributed by atoms with E-state index in [9.17, 15) is 4.79 Å². The maximum absolute atomic E-state index is 11.8. The van der Waals surface area contributed by atoms with Crippen LogP contribution < -0.4 is 10.1 Å². The van der Waals surface area contributed by atoms with Crippen molar-refractivity contribution in [2.75, 3.05) is 25.5 Å². The highest BCUT2D eigenvalue weighted by molar-refractivity contribution is 6.32. The molecular formula is C16H18ClN3O3. The first kappa shape index (κ1) is 17.1. The van der Waals surface area contributed by atoms with Gasteiger partial charge in [-0.1, -0.05) is 17.7 Å². The number of pyridine rings is 1. The third kappa shape index (κ3) is 5.12. The van der Waals surface area contributed by atoms with Gasteiger partial charge in [0.25, 0.3) is 0 Å². The highest BCUT2D eigenvalue weighted by Crippen LogP contribution is 2.28. The number of urea groups is 1. The number of ether oxygens (including phenoxy) is 1. The number of carbonyl (C=O) groups excluding carboxylic acids is 1. The molecule has 0 saturated heterocycles. The van der Waals surface area contributed by atoms with Crippen molar-refractivity contribution in [2.24, 2.45) is 0 Å². The minimum absolute atomic E-state index is 0.0923. The molecular weight excluding hydrogens is 318 g/mol. The fourth-order valence-electron chi connectivity index (χ4n) is 1.80. The van der Waals surface area contributed by atoms with E-state index >= 15 is 0 Å². The van der Waals surface area contributed by atoms with E-state index in [2.05, 4.69) is 10.3 Å². The lowest BCUT2D eigenvalue weighted by atomic mass is 10.3. The molecule has 0 bridgehead atoms. The van der Waals surface area contributed by atoms with Crippen LogP contribution in [0.1, 0.15) is 5.69 Å². The molecule has 0 unspecified atom stereocenters. The lowest BCUT2D eigenvalue weighted by molar-refractivity contribution is 0.202. The van der Waals surface area contributed by atoms with Gasteiger partial charge in [0.1, 0.15) is 12.4 Å². The number of aliphatic hydroxyl groups excluding tert-OH is 1. The van der Waals surface area contributed by atoms with Crippen molar-refractivity contribution in [3.05, 3.63) is 53.3 Å². The van der Waals surface area contributed by atoms with Crippen molar-refractivity contribution >= 4 is 23.3 Å². The molecule has 2 aromatic rings. The van der Waals surface area contributed by atoms with Crippen LogP contribution in [0.2, 0.25) is 5.02 Å². The van der Waals surface area contributed by atoms with Gasteiger partial charge in [-0.2, -0.15) is 0 Å². The second-order valence-electron chi connectivity index (χ2n) is 4.83. The molecule has 0 radical (unpaired) electrons. The third-order valence-electron chi connectivity index (χ3n) is 3.07. The molecule has 6 nitrogen and oxygen atoms in total. The molecule has 122 valence electrons. The molecule has 1 aromatic carbocycles. The average molecular weight is 336 g/mol. The monoisotopic (exact) mass is 335 g/mol. The summed E-state index contributed by atoms with van der Waals surface area (Å²) >= 11 is 6.17. The summed E-state index contributed by atoms with van der Waals surface area (Å²) in [7, 11) is 1.59. The van der Waals surface area contributed by atoms with Gasteiger partial charge in [-0.3, -0.25) is 4.98 Å². The summed E-state index contributed by atoms with van der Waals surface area (Å²) < 4.78 is 5.62. The number of anilines is 1. The van der Waals surface area contributed by atoms with E-state index in [-0.39, 0.29) is 19.2 Å². The summed E-state index contributed by atoms with van der Waals surface area (Å²) in [5, 5.41) is 11.9. The summed E-state index contributed by atoms with van der Waals surface area (Å²) in [6, 6.07) is 10.3. The molecule has 0 spiro atoms. The number of hydrogen-bond donors (Lipinski definition) is 2. The number of aliphatic hydroxyl groups is 1. The summed E-state index contributed by atoms with van der Waals surface area (Å²) in [6.07, 6.45) is 1.70. The SMILES string of the molecule is CN(CCO)C(=O)Nc1ccc(OCc2ccccn2)c(Cl)c1. The van der Waals surface area contributed by atoms with Crippen LogP contribution >= 0.6 is 11.6 Å². The summed E-state index contributed by atoms with van der Waals surface area (Å²) in [4.78, 5) is 17.4. The van der Waals surface area contributed by atoms with Gasteiger partial charge in [0, 0.05) is 25.5 Å². The Morgan fingerprint density at radius 2 is 2.22 bits per heavy atom. The second kappa shape index (κ2) is 8.36. The van der Waals surface area contributed by atoms with Crippen molar-refractivity contribution in [1.82, 2.24) is 9.88 Å². The molecule has 0 fully saturated rings. The first-order valence-corrected chi connectivity index (χ1v) is 7.43. The van der Waals surface area contributed by atoms with Crippen molar-refractivity contribution in [3.63, 3.8) is 0 Å². The Hall–Kier alpha value is -2.31. The van der Waals surface area contributed by atoms with E-state index in [1.165, 1.54) is 4.90 Å². The molecule has 0 saturated carbocycles. The van der Waals surface area contributed by atoms with Gasteiger partial charge in [0.2, 0.25) is 0 Å². The maximum Gasteiger partial charge on any atom is 0.321 e. The molecule has 7 heteroatoms. The van der Waals surface area contributed by atoms with Crippen LogP contribution in [-0.4, -0.2) is 41.2 Å². The van der Waals surface area contributed by atoms with E-state index in [0.717, 1.165) is 5.69 Å². The average Bonchev–Trinajstić information content (AvgIpc) is 2.55. The summed E-state index contributed by atoms with van der Waals surface area (Å²) in [6.45, 7) is 0.474. The fourth-order valence-corrected chi connectivity index (χ4v) is 2.04. The van der Waals surface area contributed by atoms with Crippen LogP contribution in [0.25, 0.3) is 0 Å². The minimum atomic E-state index is -0.322. The number of carbonyl (C=O) groups is 1. The van der Waals surface area contributed by atoms with Gasteiger partial charge in [0.05, 0.1) is 17.3 Å². The van der Waals surface area contributed by atoms with Gasteiger partial charge in [0.15, 0.2) is 0 Å². The molecule has 2 rings (SSSR count). The van der Waals surface area contributed by atoms with E-state index in [0.29, 0.717) is 23.1 Å². The summed E-state index contributed by atoms with van der Waals surface area (Å²) in [5.74, 6) is 0.513. The second-order valence-corrected chi connectivity index (χ2v) is 5.24. The Bertz CT molecular complexity index is 652. The van der Waals surface area contributed by atoms with Gasteiger partial charge < -0.3 is 20.1 Å². The van der Waals surface area contributed by atoms with Crippen LogP contribution in [0.3, 0.4) is 0 Å². The maximum atomic E-state index is 11.8. The Morgan fingerprint density at radius 3 is 2.87 bits per heavy atom. The normalized spacial score (nSPS) is 10.2. The highest BCUT2D eigenvalue weighted by atomic mass is 35.5. The Labute approximate surface area is 139 Å². The standard InChI is InChI=1S/C16H18ClN3O3/c1-20(8-9-21)16(22)19-12-5-6-15(14(17)10-12)23-11-13-4-2-3-7-18-13/h2-7,10,21H,8-9,11H2,1H3,(H,19,22). The van der Waals surface area contributed by atoms with Gasteiger partial charge in [-0.15, -0.1) is 0 Å². The predicted molar refractivity (Wildman–Crippen MR) is 88.8 cm³/mol. The van der Waals surface area contributed by atoms with Crippen LogP contribution in [0.4, 0.5) is 10.5 Å². The zero-order chi connectivity index (χ0) is 16.7. The quantitative estimate of drug-likeness (QED) is 0.851. The highest BCUT2D eigenvalue weighted by Gasteiger charge is 2.10. The first-order chi connectivity index (χ1) is 11.1. The number of likely N-dealkylation sites (N-methyl/N-ethyl adjacent to an activating group) is 1. The number of hydrogen-bond acceptors (Lipinski definition) is 4. The van der Waals surface area contributed by atoms with Crippen LogP contribution in [0, 0.1) is 0 Å². The topological polar surface area (TPSA) is 74.7 Å². The number of aromatic nitrogens is 1. The molecule has 0 aliphatic heterocycles. The lowest BCUT2D eigenvalue weighted by Gasteiger charge is -2.17. The fraction of sp³-hybridized carbons (Fsp3) is 0.250. The molecule has 0 atom stereocenters. The molecule has 2 N–H and O–H groups in total. The molecule has 1 heterocycles. The number of benzene rings is 1. The van der Waals surface area contributed by atoms with Crippen LogP contribution in [0.5, 0.6) is 5.75 Å². The Balaban J connectivity index is 1.96. The lowest BCUT2D eigenvalue weighted by Crippen LogP contribution is -2.33. The first-order valence-electron chi connectivity index (χ1n) is 7.05. The number of halogens is 1. The molecule has 1 aromatic heterocycles.